The second-order valence-corrected chi connectivity index (χ2v) is 6.18. The maximum atomic E-state index is 12.4. The van der Waals surface area contributed by atoms with Crippen LogP contribution in [0.25, 0.3) is 6.08 Å². The minimum atomic E-state index is -0.546. The largest absolute Gasteiger partial charge is 0.481 e. The molecule has 0 saturated carbocycles. The molecule has 0 heterocycles. The quantitative estimate of drug-likeness (QED) is 0.409. The fourth-order valence-corrected chi connectivity index (χ4v) is 2.54. The highest BCUT2D eigenvalue weighted by atomic mass is 79.9. The summed E-state index contributed by atoms with van der Waals surface area (Å²) in [6, 6.07) is 15.7. The first-order valence-corrected chi connectivity index (χ1v) is 8.89. The van der Waals surface area contributed by atoms with Gasteiger partial charge in [-0.2, -0.15) is 5.26 Å². The molecule has 0 fully saturated rings. The molecular weight excluding hydrogens is 412 g/mol. The summed E-state index contributed by atoms with van der Waals surface area (Å²) in [5.74, 6) is -0.673. The minimum Gasteiger partial charge on any atom is -0.481 e. The van der Waals surface area contributed by atoms with Gasteiger partial charge in [0.2, 0.25) is 0 Å². The lowest BCUT2D eigenvalue weighted by molar-refractivity contribution is -0.145. The van der Waals surface area contributed by atoms with Gasteiger partial charge >= 0.3 is 5.97 Å². The molecule has 7 heteroatoms. The zero-order valence-corrected chi connectivity index (χ0v) is 16.2. The number of hydrogen-bond donors (Lipinski definition) is 1. The van der Waals surface area contributed by atoms with Crippen molar-refractivity contribution >= 4 is 39.6 Å². The van der Waals surface area contributed by atoms with E-state index in [2.05, 4.69) is 21.2 Å². The highest BCUT2D eigenvalue weighted by Crippen LogP contribution is 2.22. The van der Waals surface area contributed by atoms with Crippen molar-refractivity contribution in [3.63, 3.8) is 0 Å². The topological polar surface area (TPSA) is 88.4 Å². The molecule has 0 atom stereocenters. The van der Waals surface area contributed by atoms with Gasteiger partial charge in [-0.3, -0.25) is 4.79 Å². The molecule has 0 radical (unpaired) electrons. The molecule has 1 amide bonds. The Morgan fingerprint density at radius 1 is 1.22 bits per heavy atom. The van der Waals surface area contributed by atoms with Crippen molar-refractivity contribution in [2.75, 3.05) is 18.5 Å². The average Bonchev–Trinajstić information content (AvgIpc) is 2.65. The smallest absolute Gasteiger partial charge is 0.344 e. The van der Waals surface area contributed by atoms with Gasteiger partial charge in [0.15, 0.2) is 6.61 Å². The number of nitriles is 1. The second-order valence-electron chi connectivity index (χ2n) is 5.27. The molecule has 0 aliphatic heterocycles. The predicted octanol–water partition coefficient (Wildman–Crippen LogP) is 3.94. The van der Waals surface area contributed by atoms with Crippen LogP contribution < -0.4 is 10.1 Å². The van der Waals surface area contributed by atoms with Gasteiger partial charge in [-0.25, -0.2) is 4.79 Å². The zero-order chi connectivity index (χ0) is 19.6. The molecule has 0 aromatic heterocycles. The van der Waals surface area contributed by atoms with Gasteiger partial charge < -0.3 is 14.8 Å². The Bertz CT molecular complexity index is 903. The molecule has 2 aromatic carbocycles. The summed E-state index contributed by atoms with van der Waals surface area (Å²) in [6.07, 6.45) is 1.41. The lowest BCUT2D eigenvalue weighted by Crippen LogP contribution is -2.15. The number of carbonyl (C=O) groups is 2. The fraction of sp³-hybridized carbons (Fsp3) is 0.150. The highest BCUT2D eigenvalue weighted by molar-refractivity contribution is 9.10. The van der Waals surface area contributed by atoms with Crippen LogP contribution in [0, 0.1) is 11.3 Å². The third-order valence-corrected chi connectivity index (χ3v) is 3.81. The van der Waals surface area contributed by atoms with Crippen molar-refractivity contribution in [3.8, 4) is 11.8 Å². The number of nitrogens with zero attached hydrogens (tertiary/aromatic N) is 1. The molecule has 6 nitrogen and oxygen atoms in total. The van der Waals surface area contributed by atoms with E-state index in [0.717, 1.165) is 4.47 Å². The molecule has 138 valence electrons. The van der Waals surface area contributed by atoms with Crippen LogP contribution in [0.4, 0.5) is 5.69 Å². The summed E-state index contributed by atoms with van der Waals surface area (Å²) < 4.78 is 11.1. The Kier molecular flexibility index (Phi) is 7.59. The summed E-state index contributed by atoms with van der Waals surface area (Å²) in [4.78, 5) is 23.9. The Balaban J connectivity index is 2.18. The van der Waals surface area contributed by atoms with Crippen LogP contribution in [0.1, 0.15) is 12.5 Å². The fourth-order valence-electron chi connectivity index (χ4n) is 2.14. The molecule has 0 aliphatic rings. The van der Waals surface area contributed by atoms with Crippen LogP contribution in [0.15, 0.2) is 58.6 Å². The van der Waals surface area contributed by atoms with E-state index >= 15 is 0 Å². The molecule has 0 saturated heterocycles. The van der Waals surface area contributed by atoms with Crippen molar-refractivity contribution < 1.29 is 19.1 Å². The molecule has 2 rings (SSSR count). The van der Waals surface area contributed by atoms with E-state index in [9.17, 15) is 14.9 Å². The maximum absolute atomic E-state index is 12.4. The third-order valence-electron chi connectivity index (χ3n) is 3.32. The number of nitrogens with one attached hydrogen (secondary N) is 1. The number of anilines is 1. The maximum Gasteiger partial charge on any atom is 0.344 e. The summed E-state index contributed by atoms with van der Waals surface area (Å²) in [5, 5.41) is 12.0. The number of rotatable bonds is 7. The summed E-state index contributed by atoms with van der Waals surface area (Å²) in [5.41, 5.74) is 0.965. The standard InChI is InChI=1S/C20H17BrN2O4/c1-2-26-19(24)13-27-18-9-4-3-6-14(18)10-15(12-22)20(25)23-17-8-5-7-16(21)11-17/h3-11H,2,13H2,1H3,(H,23,25)/b15-10-. The Morgan fingerprint density at radius 3 is 2.70 bits per heavy atom. The van der Waals surface area contributed by atoms with E-state index < -0.39 is 11.9 Å². The summed E-state index contributed by atoms with van der Waals surface area (Å²) >= 11 is 3.32. The lowest BCUT2D eigenvalue weighted by Gasteiger charge is -2.09. The third kappa shape index (κ3) is 6.28. The number of ether oxygens (including phenoxy) is 2. The normalized spacial score (nSPS) is 10.6. The van der Waals surface area contributed by atoms with Crippen molar-refractivity contribution in [2.45, 2.75) is 6.92 Å². The summed E-state index contributed by atoms with van der Waals surface area (Å²) in [6.45, 7) is 1.71. The van der Waals surface area contributed by atoms with E-state index in [4.69, 9.17) is 9.47 Å². The number of esters is 1. The van der Waals surface area contributed by atoms with E-state index in [0.29, 0.717) is 17.0 Å². The molecular formula is C20H17BrN2O4. The lowest BCUT2D eigenvalue weighted by atomic mass is 10.1. The van der Waals surface area contributed by atoms with E-state index in [-0.39, 0.29) is 18.8 Å². The van der Waals surface area contributed by atoms with Crippen LogP contribution in [-0.4, -0.2) is 25.1 Å². The van der Waals surface area contributed by atoms with Gasteiger partial charge in [0.25, 0.3) is 5.91 Å². The van der Waals surface area contributed by atoms with Gasteiger partial charge in [-0.1, -0.05) is 40.2 Å². The number of halogens is 1. The molecule has 27 heavy (non-hydrogen) atoms. The van der Waals surface area contributed by atoms with Gasteiger partial charge in [0.1, 0.15) is 17.4 Å². The van der Waals surface area contributed by atoms with Crippen LogP contribution in [0.2, 0.25) is 0 Å². The van der Waals surface area contributed by atoms with Gasteiger partial charge in [-0.15, -0.1) is 0 Å². The van der Waals surface area contributed by atoms with Gasteiger partial charge in [0.05, 0.1) is 6.61 Å². The van der Waals surface area contributed by atoms with Crippen molar-refractivity contribution in [1.82, 2.24) is 0 Å². The first kappa shape index (κ1) is 20.2. The molecule has 2 aromatic rings. The van der Waals surface area contributed by atoms with E-state index in [1.807, 2.05) is 12.1 Å². The van der Waals surface area contributed by atoms with Crippen LogP contribution in [0.3, 0.4) is 0 Å². The first-order valence-electron chi connectivity index (χ1n) is 8.09. The SMILES string of the molecule is CCOC(=O)COc1ccccc1/C=C(/C#N)C(=O)Nc1cccc(Br)c1. The van der Waals surface area contributed by atoms with Crippen molar-refractivity contribution in [2.24, 2.45) is 0 Å². The number of para-hydroxylation sites is 1. The van der Waals surface area contributed by atoms with Crippen molar-refractivity contribution in [1.29, 1.82) is 5.26 Å². The Morgan fingerprint density at radius 2 is 2.00 bits per heavy atom. The monoisotopic (exact) mass is 428 g/mol. The van der Waals surface area contributed by atoms with Gasteiger partial charge in [0, 0.05) is 15.7 Å². The van der Waals surface area contributed by atoms with Gasteiger partial charge in [-0.05, 0) is 37.3 Å². The average molecular weight is 429 g/mol. The van der Waals surface area contributed by atoms with Crippen LogP contribution in [0.5, 0.6) is 5.75 Å². The van der Waals surface area contributed by atoms with Crippen molar-refractivity contribution in [3.05, 3.63) is 64.1 Å². The Labute approximate surface area is 165 Å². The second kappa shape index (κ2) is 10.1. The number of hydrogen-bond acceptors (Lipinski definition) is 5. The van der Waals surface area contributed by atoms with Crippen LogP contribution in [-0.2, 0) is 14.3 Å². The number of amides is 1. The number of benzene rings is 2. The summed E-state index contributed by atoms with van der Waals surface area (Å²) in [7, 11) is 0. The molecule has 0 unspecified atom stereocenters. The Hall–Kier alpha value is -3.11. The number of carbonyl (C=O) groups excluding carboxylic acids is 2. The molecule has 1 N–H and O–H groups in total. The first-order chi connectivity index (χ1) is 13.0. The molecule has 0 spiro atoms. The zero-order valence-electron chi connectivity index (χ0n) is 14.6. The van der Waals surface area contributed by atoms with Crippen LogP contribution >= 0.6 is 15.9 Å². The molecule has 0 aliphatic carbocycles. The molecule has 0 bridgehead atoms. The van der Waals surface area contributed by atoms with E-state index in [1.165, 1.54) is 6.08 Å². The predicted molar refractivity (Wildman–Crippen MR) is 105 cm³/mol. The highest BCUT2D eigenvalue weighted by Gasteiger charge is 2.12. The minimum absolute atomic E-state index is 0.0952. The van der Waals surface area contributed by atoms with E-state index in [1.54, 1.807) is 49.4 Å².